The van der Waals surface area contributed by atoms with Crippen LogP contribution in [-0.4, -0.2) is 27.9 Å². The molecule has 1 aromatic heterocycles. The summed E-state index contributed by atoms with van der Waals surface area (Å²) in [5.74, 6) is 0.755. The Labute approximate surface area is 134 Å². The van der Waals surface area contributed by atoms with Crippen LogP contribution in [0.15, 0.2) is 33.9 Å². The maximum atomic E-state index is 11.8. The average Bonchev–Trinajstić information content (AvgIpc) is 2.94. The van der Waals surface area contributed by atoms with Gasteiger partial charge in [-0.3, -0.25) is 4.79 Å². The molecule has 0 spiro atoms. The molecule has 1 heterocycles. The molecule has 0 saturated heterocycles. The number of rotatable bonds is 7. The summed E-state index contributed by atoms with van der Waals surface area (Å²) in [4.78, 5) is 11.8. The minimum absolute atomic E-state index is 0.0124. The van der Waals surface area contributed by atoms with Gasteiger partial charge >= 0.3 is 0 Å². The second-order valence-electron chi connectivity index (χ2n) is 5.23. The first-order valence-electron chi connectivity index (χ1n) is 7.41. The molecule has 1 atom stereocenters. The van der Waals surface area contributed by atoms with Gasteiger partial charge in [0.1, 0.15) is 0 Å². The highest BCUT2D eigenvalue weighted by atomic mass is 32.2. The minimum atomic E-state index is -0.0124. The van der Waals surface area contributed by atoms with E-state index in [1.54, 1.807) is 0 Å². The normalized spacial score (nSPS) is 12.1. The Hall–Kier alpha value is -1.82. The lowest BCUT2D eigenvalue weighted by Crippen LogP contribution is -2.33. The Morgan fingerprint density at radius 2 is 2.14 bits per heavy atom. The molecule has 0 aliphatic carbocycles. The third-order valence-corrected chi connectivity index (χ3v) is 4.06. The lowest BCUT2D eigenvalue weighted by Gasteiger charge is -2.11. The number of nitrogens with one attached hydrogen (secondary N) is 1. The molecule has 0 radical (unpaired) electrons. The number of amides is 1. The van der Waals surface area contributed by atoms with Crippen LogP contribution in [0.3, 0.4) is 0 Å². The van der Waals surface area contributed by atoms with Gasteiger partial charge in [0.05, 0.1) is 5.75 Å². The number of hydrogen-bond acceptors (Lipinski definition) is 5. The molecule has 0 fully saturated rings. The van der Waals surface area contributed by atoms with E-state index in [1.807, 2.05) is 38.1 Å². The topological polar surface area (TPSA) is 68.0 Å². The summed E-state index contributed by atoms with van der Waals surface area (Å²) >= 11 is 1.26. The fourth-order valence-electron chi connectivity index (χ4n) is 2.14. The van der Waals surface area contributed by atoms with Crippen molar-refractivity contribution in [2.24, 2.45) is 0 Å². The predicted octanol–water partition coefficient (Wildman–Crippen LogP) is 3.44. The first-order valence-corrected chi connectivity index (χ1v) is 8.40. The van der Waals surface area contributed by atoms with Crippen molar-refractivity contribution in [3.63, 3.8) is 0 Å². The van der Waals surface area contributed by atoms with Crippen molar-refractivity contribution >= 4 is 17.7 Å². The second kappa shape index (κ2) is 7.98. The van der Waals surface area contributed by atoms with E-state index in [1.165, 1.54) is 11.8 Å². The number of aromatic nitrogens is 2. The van der Waals surface area contributed by atoms with E-state index in [9.17, 15) is 4.79 Å². The highest BCUT2D eigenvalue weighted by Gasteiger charge is 2.13. The van der Waals surface area contributed by atoms with Crippen LogP contribution >= 0.6 is 11.8 Å². The summed E-state index contributed by atoms with van der Waals surface area (Å²) < 4.78 is 5.61. The van der Waals surface area contributed by atoms with Gasteiger partial charge in [-0.25, -0.2) is 0 Å². The van der Waals surface area contributed by atoms with Crippen molar-refractivity contribution in [1.29, 1.82) is 0 Å². The first-order chi connectivity index (χ1) is 10.6. The molecule has 2 aromatic rings. The van der Waals surface area contributed by atoms with Gasteiger partial charge < -0.3 is 9.73 Å². The molecule has 0 aliphatic heterocycles. The molecule has 5 nitrogen and oxygen atoms in total. The van der Waals surface area contributed by atoms with Crippen LogP contribution in [0, 0.1) is 6.92 Å². The average molecular weight is 319 g/mol. The maximum Gasteiger partial charge on any atom is 0.277 e. The van der Waals surface area contributed by atoms with Gasteiger partial charge in [0.2, 0.25) is 11.8 Å². The summed E-state index contributed by atoms with van der Waals surface area (Å²) in [6, 6.07) is 8.03. The van der Waals surface area contributed by atoms with Gasteiger partial charge in [-0.2, -0.15) is 0 Å². The highest BCUT2D eigenvalue weighted by molar-refractivity contribution is 7.99. The fourth-order valence-corrected chi connectivity index (χ4v) is 2.71. The number of benzene rings is 1. The van der Waals surface area contributed by atoms with Gasteiger partial charge in [-0.05, 0) is 31.9 Å². The Morgan fingerprint density at radius 3 is 2.86 bits per heavy atom. The molecule has 0 bridgehead atoms. The van der Waals surface area contributed by atoms with E-state index in [4.69, 9.17) is 4.42 Å². The number of thioether (sulfide) groups is 1. The van der Waals surface area contributed by atoms with Crippen LogP contribution in [0.1, 0.15) is 32.3 Å². The third kappa shape index (κ3) is 4.59. The summed E-state index contributed by atoms with van der Waals surface area (Å²) in [7, 11) is 0. The zero-order valence-corrected chi connectivity index (χ0v) is 13.9. The van der Waals surface area contributed by atoms with Crippen molar-refractivity contribution in [3.8, 4) is 11.5 Å². The lowest BCUT2D eigenvalue weighted by molar-refractivity contribution is -0.119. The zero-order valence-electron chi connectivity index (χ0n) is 13.1. The van der Waals surface area contributed by atoms with E-state index in [2.05, 4.69) is 22.4 Å². The van der Waals surface area contributed by atoms with Crippen molar-refractivity contribution in [2.45, 2.75) is 44.9 Å². The van der Waals surface area contributed by atoms with Crippen LogP contribution in [-0.2, 0) is 4.79 Å². The molecule has 0 saturated carbocycles. The number of hydrogen-bond donors (Lipinski definition) is 1. The van der Waals surface area contributed by atoms with Crippen molar-refractivity contribution in [3.05, 3.63) is 29.8 Å². The zero-order chi connectivity index (χ0) is 15.9. The van der Waals surface area contributed by atoms with Crippen molar-refractivity contribution in [1.82, 2.24) is 15.5 Å². The van der Waals surface area contributed by atoms with E-state index in [0.717, 1.165) is 24.0 Å². The summed E-state index contributed by atoms with van der Waals surface area (Å²) in [5, 5.41) is 11.4. The molecule has 1 N–H and O–H groups in total. The quantitative estimate of drug-likeness (QED) is 0.792. The van der Waals surface area contributed by atoms with Gasteiger partial charge in [-0.1, -0.05) is 43.3 Å². The van der Waals surface area contributed by atoms with Crippen molar-refractivity contribution in [2.75, 3.05) is 5.75 Å². The van der Waals surface area contributed by atoms with Gasteiger partial charge in [0.15, 0.2) is 0 Å². The van der Waals surface area contributed by atoms with Crippen molar-refractivity contribution < 1.29 is 9.21 Å². The Balaban J connectivity index is 1.90. The maximum absolute atomic E-state index is 11.8. The largest absolute Gasteiger partial charge is 0.411 e. The van der Waals surface area contributed by atoms with Gasteiger partial charge in [0.25, 0.3) is 5.22 Å². The molecule has 22 heavy (non-hydrogen) atoms. The SMILES string of the molecule is CCC[C@@H](C)NC(=O)CSc1nnc(-c2ccccc2C)o1. The molecular formula is C16H21N3O2S. The first kappa shape index (κ1) is 16.5. The highest BCUT2D eigenvalue weighted by Crippen LogP contribution is 2.25. The molecule has 0 aliphatic rings. The van der Waals surface area contributed by atoms with E-state index in [0.29, 0.717) is 11.1 Å². The van der Waals surface area contributed by atoms with Crippen LogP contribution in [0.4, 0.5) is 0 Å². The minimum Gasteiger partial charge on any atom is -0.411 e. The van der Waals surface area contributed by atoms with Crippen LogP contribution in [0.25, 0.3) is 11.5 Å². The molecule has 1 amide bonds. The third-order valence-electron chi connectivity index (χ3n) is 3.24. The number of nitrogens with zero attached hydrogens (tertiary/aromatic N) is 2. The van der Waals surface area contributed by atoms with E-state index in [-0.39, 0.29) is 17.7 Å². The number of aryl methyl sites for hydroxylation is 1. The van der Waals surface area contributed by atoms with Crippen LogP contribution < -0.4 is 5.32 Å². The van der Waals surface area contributed by atoms with E-state index < -0.39 is 0 Å². The standard InChI is InChI=1S/C16H21N3O2S/c1-4-7-12(3)17-14(20)10-22-16-19-18-15(21-16)13-9-6-5-8-11(13)2/h5-6,8-9,12H,4,7,10H2,1-3H3,(H,17,20)/t12-/m1/s1. The van der Waals surface area contributed by atoms with E-state index >= 15 is 0 Å². The fraction of sp³-hybridized carbons (Fsp3) is 0.438. The van der Waals surface area contributed by atoms with Crippen LogP contribution in [0.5, 0.6) is 0 Å². The monoisotopic (exact) mass is 319 g/mol. The van der Waals surface area contributed by atoms with Crippen LogP contribution in [0.2, 0.25) is 0 Å². The molecule has 0 unspecified atom stereocenters. The molecule has 1 aromatic carbocycles. The molecule has 6 heteroatoms. The predicted molar refractivity (Wildman–Crippen MR) is 87.7 cm³/mol. The molecular weight excluding hydrogens is 298 g/mol. The lowest BCUT2D eigenvalue weighted by atomic mass is 10.1. The molecule has 2 rings (SSSR count). The summed E-state index contributed by atoms with van der Waals surface area (Å²) in [6.07, 6.45) is 2.03. The second-order valence-corrected chi connectivity index (χ2v) is 6.16. The van der Waals surface area contributed by atoms with Gasteiger partial charge in [-0.15, -0.1) is 10.2 Å². The molecule has 118 valence electrons. The summed E-state index contributed by atoms with van der Waals surface area (Å²) in [5.41, 5.74) is 2.00. The number of carbonyl (C=O) groups is 1. The Kier molecular flexibility index (Phi) is 6.00. The Bertz CT molecular complexity index is 627. The van der Waals surface area contributed by atoms with Gasteiger partial charge in [0, 0.05) is 11.6 Å². The number of carbonyl (C=O) groups excluding carboxylic acids is 1. The Morgan fingerprint density at radius 1 is 1.36 bits per heavy atom. The smallest absolute Gasteiger partial charge is 0.277 e. The summed E-state index contributed by atoms with van der Waals surface area (Å²) in [6.45, 7) is 6.10.